The number of rotatable bonds is 2. The Bertz CT molecular complexity index is 767. The number of phenols is 1. The maximum atomic E-state index is 12.5. The van der Waals surface area contributed by atoms with E-state index in [-0.39, 0.29) is 29.4 Å². The molecule has 1 fully saturated rings. The summed E-state index contributed by atoms with van der Waals surface area (Å²) in [4.78, 5) is 25.6. The SMILES string of the molecule is COC(=O)N1CCC(NC(=O)c2cc3ccccc3cc2O)CC1. The van der Waals surface area contributed by atoms with Crippen molar-refractivity contribution >= 4 is 22.8 Å². The van der Waals surface area contributed by atoms with Gasteiger partial charge < -0.3 is 20.1 Å². The number of aromatic hydroxyl groups is 1. The molecule has 0 bridgehead atoms. The van der Waals surface area contributed by atoms with E-state index in [1.807, 2.05) is 24.3 Å². The lowest BCUT2D eigenvalue weighted by molar-refractivity contribution is 0.0890. The molecule has 0 saturated carbocycles. The van der Waals surface area contributed by atoms with Crippen LogP contribution in [-0.4, -0.2) is 48.2 Å². The molecule has 2 aromatic carbocycles. The average molecular weight is 328 g/mol. The summed E-state index contributed by atoms with van der Waals surface area (Å²) in [6, 6.07) is 10.8. The minimum absolute atomic E-state index is 0.0238. The van der Waals surface area contributed by atoms with E-state index in [1.165, 1.54) is 7.11 Å². The van der Waals surface area contributed by atoms with Crippen molar-refractivity contribution in [3.05, 3.63) is 42.0 Å². The molecule has 24 heavy (non-hydrogen) atoms. The number of ether oxygens (including phenoxy) is 1. The normalized spacial score (nSPS) is 15.3. The topological polar surface area (TPSA) is 78.9 Å². The summed E-state index contributed by atoms with van der Waals surface area (Å²) in [7, 11) is 1.36. The number of fused-ring (bicyclic) bond motifs is 1. The Labute approximate surface area is 140 Å². The number of nitrogens with one attached hydrogen (secondary N) is 1. The number of amides is 2. The molecule has 6 nitrogen and oxygen atoms in total. The van der Waals surface area contributed by atoms with E-state index in [0.29, 0.717) is 25.9 Å². The first-order valence-corrected chi connectivity index (χ1v) is 7.94. The molecule has 2 N–H and O–H groups in total. The number of nitrogens with zero attached hydrogens (tertiary/aromatic N) is 1. The average Bonchev–Trinajstić information content (AvgIpc) is 2.61. The van der Waals surface area contributed by atoms with Crippen LogP contribution in [0.3, 0.4) is 0 Å². The number of phenolic OH excluding ortho intramolecular Hbond substituents is 1. The summed E-state index contributed by atoms with van der Waals surface area (Å²) in [5.41, 5.74) is 0.268. The van der Waals surface area contributed by atoms with Crippen LogP contribution in [0.15, 0.2) is 36.4 Å². The van der Waals surface area contributed by atoms with Gasteiger partial charge in [0.25, 0.3) is 5.91 Å². The first-order chi connectivity index (χ1) is 11.6. The molecule has 2 amide bonds. The molecule has 6 heteroatoms. The lowest BCUT2D eigenvalue weighted by atomic mass is 10.0. The van der Waals surface area contributed by atoms with Crippen LogP contribution in [0.5, 0.6) is 5.75 Å². The fourth-order valence-electron chi connectivity index (χ4n) is 3.01. The monoisotopic (exact) mass is 328 g/mol. The molecule has 3 rings (SSSR count). The van der Waals surface area contributed by atoms with Crippen molar-refractivity contribution in [2.45, 2.75) is 18.9 Å². The van der Waals surface area contributed by atoms with Crippen LogP contribution in [0.4, 0.5) is 4.79 Å². The van der Waals surface area contributed by atoms with Gasteiger partial charge in [0, 0.05) is 19.1 Å². The van der Waals surface area contributed by atoms with Gasteiger partial charge in [-0.3, -0.25) is 4.79 Å². The predicted octanol–water partition coefficient (Wildman–Crippen LogP) is 2.51. The second kappa shape index (κ2) is 6.78. The minimum atomic E-state index is -0.341. The Balaban J connectivity index is 1.68. The summed E-state index contributed by atoms with van der Waals surface area (Å²) < 4.78 is 4.70. The molecule has 0 radical (unpaired) electrons. The molecule has 2 aromatic rings. The van der Waals surface area contributed by atoms with Crippen LogP contribution in [-0.2, 0) is 4.74 Å². The zero-order valence-corrected chi connectivity index (χ0v) is 13.5. The van der Waals surface area contributed by atoms with Crippen molar-refractivity contribution in [3.8, 4) is 5.75 Å². The van der Waals surface area contributed by atoms with Gasteiger partial charge in [0.2, 0.25) is 0 Å². The Morgan fingerprint density at radius 3 is 2.42 bits per heavy atom. The highest BCUT2D eigenvalue weighted by Gasteiger charge is 2.25. The number of methoxy groups -OCH3 is 1. The van der Waals surface area contributed by atoms with Crippen LogP contribution >= 0.6 is 0 Å². The lowest BCUT2D eigenvalue weighted by Gasteiger charge is -2.31. The van der Waals surface area contributed by atoms with Crippen molar-refractivity contribution in [2.75, 3.05) is 20.2 Å². The number of likely N-dealkylation sites (tertiary alicyclic amines) is 1. The second-order valence-electron chi connectivity index (χ2n) is 5.92. The molecule has 0 aliphatic carbocycles. The summed E-state index contributed by atoms with van der Waals surface area (Å²) in [6.07, 6.45) is 0.983. The van der Waals surface area contributed by atoms with E-state index >= 15 is 0 Å². The van der Waals surface area contributed by atoms with Crippen LogP contribution in [0.2, 0.25) is 0 Å². The van der Waals surface area contributed by atoms with E-state index in [4.69, 9.17) is 4.74 Å². The summed E-state index contributed by atoms with van der Waals surface area (Å²) in [5.74, 6) is -0.326. The first kappa shape index (κ1) is 16.1. The van der Waals surface area contributed by atoms with E-state index in [1.54, 1.807) is 17.0 Å². The van der Waals surface area contributed by atoms with Crippen LogP contribution in [0.25, 0.3) is 10.8 Å². The van der Waals surface area contributed by atoms with E-state index in [2.05, 4.69) is 5.32 Å². The zero-order valence-electron chi connectivity index (χ0n) is 13.5. The van der Waals surface area contributed by atoms with Crippen LogP contribution in [0.1, 0.15) is 23.2 Å². The third-order valence-corrected chi connectivity index (χ3v) is 4.37. The molecule has 0 atom stereocenters. The van der Waals surface area contributed by atoms with Gasteiger partial charge in [-0.15, -0.1) is 0 Å². The van der Waals surface area contributed by atoms with Gasteiger partial charge in [0.05, 0.1) is 12.7 Å². The molecular formula is C18H20N2O4. The van der Waals surface area contributed by atoms with Gasteiger partial charge in [0.1, 0.15) is 5.75 Å². The van der Waals surface area contributed by atoms with Crippen LogP contribution < -0.4 is 5.32 Å². The number of carbonyl (C=O) groups excluding carboxylic acids is 2. The molecule has 1 aliphatic rings. The first-order valence-electron chi connectivity index (χ1n) is 7.94. The number of carbonyl (C=O) groups is 2. The number of benzene rings is 2. The van der Waals surface area contributed by atoms with Crippen molar-refractivity contribution < 1.29 is 19.4 Å². The Morgan fingerprint density at radius 1 is 1.17 bits per heavy atom. The second-order valence-corrected chi connectivity index (χ2v) is 5.92. The largest absolute Gasteiger partial charge is 0.507 e. The Hall–Kier alpha value is -2.76. The Kier molecular flexibility index (Phi) is 4.55. The number of piperidine rings is 1. The maximum Gasteiger partial charge on any atom is 0.409 e. The van der Waals surface area contributed by atoms with Gasteiger partial charge in [-0.2, -0.15) is 0 Å². The van der Waals surface area contributed by atoms with Crippen molar-refractivity contribution in [1.82, 2.24) is 10.2 Å². The standard InChI is InChI=1S/C18H20N2O4/c1-24-18(23)20-8-6-14(7-9-20)19-17(22)15-10-12-4-2-3-5-13(12)11-16(15)21/h2-5,10-11,14,21H,6-9H2,1H3,(H,19,22). The van der Waals surface area contributed by atoms with Gasteiger partial charge in [-0.1, -0.05) is 24.3 Å². The predicted molar refractivity (Wildman–Crippen MR) is 90.1 cm³/mol. The van der Waals surface area contributed by atoms with Crippen molar-refractivity contribution in [2.24, 2.45) is 0 Å². The molecule has 1 heterocycles. The summed E-state index contributed by atoms with van der Waals surface area (Å²) >= 11 is 0. The van der Waals surface area contributed by atoms with Gasteiger partial charge >= 0.3 is 6.09 Å². The van der Waals surface area contributed by atoms with E-state index in [9.17, 15) is 14.7 Å². The highest BCUT2D eigenvalue weighted by molar-refractivity contribution is 6.01. The maximum absolute atomic E-state index is 12.5. The van der Waals surface area contributed by atoms with E-state index in [0.717, 1.165) is 10.8 Å². The van der Waals surface area contributed by atoms with Gasteiger partial charge in [-0.05, 0) is 35.7 Å². The molecule has 126 valence electrons. The zero-order chi connectivity index (χ0) is 17.1. The fourth-order valence-corrected chi connectivity index (χ4v) is 3.01. The molecule has 0 spiro atoms. The molecule has 0 aromatic heterocycles. The van der Waals surface area contributed by atoms with Crippen molar-refractivity contribution in [1.29, 1.82) is 0 Å². The van der Waals surface area contributed by atoms with Crippen LogP contribution in [0, 0.1) is 0 Å². The molecule has 1 saturated heterocycles. The van der Waals surface area contributed by atoms with E-state index < -0.39 is 0 Å². The fraction of sp³-hybridized carbons (Fsp3) is 0.333. The highest BCUT2D eigenvalue weighted by Crippen LogP contribution is 2.25. The number of hydrogen-bond donors (Lipinski definition) is 2. The highest BCUT2D eigenvalue weighted by atomic mass is 16.5. The van der Waals surface area contributed by atoms with Gasteiger partial charge in [0.15, 0.2) is 0 Å². The smallest absolute Gasteiger partial charge is 0.409 e. The molecule has 0 unspecified atom stereocenters. The lowest BCUT2D eigenvalue weighted by Crippen LogP contribution is -2.46. The summed E-state index contributed by atoms with van der Waals surface area (Å²) in [6.45, 7) is 1.09. The quantitative estimate of drug-likeness (QED) is 0.888. The van der Waals surface area contributed by atoms with Crippen molar-refractivity contribution in [3.63, 3.8) is 0 Å². The molecule has 1 aliphatic heterocycles. The van der Waals surface area contributed by atoms with Gasteiger partial charge in [-0.25, -0.2) is 4.79 Å². The third kappa shape index (κ3) is 3.27. The Morgan fingerprint density at radius 2 is 1.79 bits per heavy atom. The molecular weight excluding hydrogens is 308 g/mol. The summed E-state index contributed by atoms with van der Waals surface area (Å²) in [5, 5.41) is 14.9. The third-order valence-electron chi connectivity index (χ3n) is 4.37. The minimum Gasteiger partial charge on any atom is -0.507 e. The number of hydrogen-bond acceptors (Lipinski definition) is 4.